The van der Waals surface area contributed by atoms with E-state index in [9.17, 15) is 4.79 Å². The summed E-state index contributed by atoms with van der Waals surface area (Å²) in [4.78, 5) is 19.6. The maximum absolute atomic E-state index is 12.3. The zero-order valence-corrected chi connectivity index (χ0v) is 13.2. The molecule has 2 rings (SSSR count). The number of methoxy groups -OCH3 is 1. The minimum Gasteiger partial charge on any atom is -0.480 e. The van der Waals surface area contributed by atoms with Crippen LogP contribution in [0.25, 0.3) is 0 Å². The normalized spacial score (nSPS) is 12.2. The van der Waals surface area contributed by atoms with E-state index >= 15 is 0 Å². The second-order valence-electron chi connectivity index (χ2n) is 4.77. The third kappa shape index (κ3) is 3.80. The van der Waals surface area contributed by atoms with Crippen molar-refractivity contribution in [1.29, 1.82) is 0 Å². The molecule has 1 amide bonds. The van der Waals surface area contributed by atoms with Gasteiger partial charge in [-0.1, -0.05) is 6.07 Å². The van der Waals surface area contributed by atoms with E-state index in [4.69, 9.17) is 4.74 Å². The first-order valence-corrected chi connectivity index (χ1v) is 7.48. The van der Waals surface area contributed by atoms with Crippen LogP contribution >= 0.6 is 11.3 Å². The van der Waals surface area contributed by atoms with Crippen molar-refractivity contribution in [3.05, 3.63) is 46.3 Å². The van der Waals surface area contributed by atoms with Crippen LogP contribution in [-0.4, -0.2) is 43.5 Å². The third-order valence-corrected chi connectivity index (χ3v) is 4.13. The van der Waals surface area contributed by atoms with Gasteiger partial charge in [-0.15, -0.1) is 11.3 Å². The smallest absolute Gasteiger partial charge is 0.256 e. The molecular formula is C15H19N3O2S. The summed E-state index contributed by atoms with van der Waals surface area (Å²) in [5, 5.41) is 4.99. The van der Waals surface area contributed by atoms with Crippen LogP contribution in [0.15, 0.2) is 35.8 Å². The molecule has 0 fully saturated rings. The van der Waals surface area contributed by atoms with E-state index in [2.05, 4.69) is 21.3 Å². The number of aromatic nitrogens is 1. The van der Waals surface area contributed by atoms with Gasteiger partial charge >= 0.3 is 0 Å². The first-order chi connectivity index (χ1) is 10.1. The van der Waals surface area contributed by atoms with Crippen LogP contribution in [0.5, 0.6) is 5.88 Å². The van der Waals surface area contributed by atoms with Gasteiger partial charge in [-0.05, 0) is 37.7 Å². The molecule has 0 aliphatic heterocycles. The summed E-state index contributed by atoms with van der Waals surface area (Å²) >= 11 is 1.68. The number of likely N-dealkylation sites (N-methyl/N-ethyl adjacent to an activating group) is 1. The highest BCUT2D eigenvalue weighted by Crippen LogP contribution is 2.22. The van der Waals surface area contributed by atoms with E-state index in [0.717, 1.165) is 0 Å². The van der Waals surface area contributed by atoms with Crippen LogP contribution in [-0.2, 0) is 0 Å². The summed E-state index contributed by atoms with van der Waals surface area (Å²) in [5.41, 5.74) is 0.448. The van der Waals surface area contributed by atoms with Crippen LogP contribution in [0.4, 0.5) is 0 Å². The van der Waals surface area contributed by atoms with Gasteiger partial charge in [0.15, 0.2) is 0 Å². The highest BCUT2D eigenvalue weighted by atomic mass is 32.1. The molecule has 1 atom stereocenters. The molecule has 5 nitrogen and oxygen atoms in total. The Balaban J connectivity index is 2.06. The number of ether oxygens (including phenoxy) is 1. The SMILES string of the molecule is COc1ncccc1C(=O)NC[C@H](c1cccs1)N(C)C. The Morgan fingerprint density at radius 1 is 1.43 bits per heavy atom. The second kappa shape index (κ2) is 7.19. The summed E-state index contributed by atoms with van der Waals surface area (Å²) in [6.45, 7) is 0.532. The number of thiophene rings is 1. The summed E-state index contributed by atoms with van der Waals surface area (Å²) < 4.78 is 5.11. The second-order valence-corrected chi connectivity index (χ2v) is 5.74. The number of amides is 1. The van der Waals surface area contributed by atoms with Gasteiger partial charge < -0.3 is 15.0 Å². The lowest BCUT2D eigenvalue weighted by atomic mass is 10.2. The van der Waals surface area contributed by atoms with E-state index in [1.807, 2.05) is 25.5 Å². The van der Waals surface area contributed by atoms with Crippen molar-refractivity contribution in [3.63, 3.8) is 0 Å². The zero-order chi connectivity index (χ0) is 15.2. The lowest BCUT2D eigenvalue weighted by molar-refractivity contribution is 0.0938. The van der Waals surface area contributed by atoms with Crippen molar-refractivity contribution in [1.82, 2.24) is 15.2 Å². The number of nitrogens with one attached hydrogen (secondary N) is 1. The Labute approximate surface area is 128 Å². The first kappa shape index (κ1) is 15.5. The lowest BCUT2D eigenvalue weighted by Gasteiger charge is -2.23. The molecule has 0 aromatic carbocycles. The standard InChI is InChI=1S/C15H19N3O2S/c1-18(2)12(13-7-5-9-21-13)10-17-14(19)11-6-4-8-16-15(11)20-3/h4-9,12H,10H2,1-3H3,(H,17,19)/t12-/m1/s1. The van der Waals surface area contributed by atoms with Crippen molar-refractivity contribution in [2.45, 2.75) is 6.04 Å². The minimum absolute atomic E-state index is 0.150. The molecule has 2 aromatic heterocycles. The average Bonchev–Trinajstić information content (AvgIpc) is 3.01. The molecule has 0 saturated carbocycles. The predicted octanol–water partition coefficient (Wildman–Crippen LogP) is 2.18. The molecule has 0 spiro atoms. The maximum atomic E-state index is 12.3. The fourth-order valence-electron chi connectivity index (χ4n) is 2.03. The van der Waals surface area contributed by atoms with Gasteiger partial charge in [-0.25, -0.2) is 4.98 Å². The first-order valence-electron chi connectivity index (χ1n) is 6.60. The van der Waals surface area contributed by atoms with Gasteiger partial charge in [0, 0.05) is 17.6 Å². The van der Waals surface area contributed by atoms with Gasteiger partial charge in [0.25, 0.3) is 5.91 Å². The monoisotopic (exact) mass is 305 g/mol. The van der Waals surface area contributed by atoms with Crippen LogP contribution < -0.4 is 10.1 Å². The van der Waals surface area contributed by atoms with E-state index in [1.54, 1.807) is 29.7 Å². The van der Waals surface area contributed by atoms with Crippen LogP contribution in [0.3, 0.4) is 0 Å². The molecule has 0 bridgehead atoms. The summed E-state index contributed by atoms with van der Waals surface area (Å²) in [7, 11) is 5.51. The number of rotatable bonds is 6. The molecule has 0 unspecified atom stereocenters. The Morgan fingerprint density at radius 3 is 2.86 bits per heavy atom. The highest BCUT2D eigenvalue weighted by Gasteiger charge is 2.18. The molecule has 112 valence electrons. The lowest BCUT2D eigenvalue weighted by Crippen LogP contribution is -2.34. The number of nitrogens with zero attached hydrogens (tertiary/aromatic N) is 2. The topological polar surface area (TPSA) is 54.5 Å². The number of carbonyl (C=O) groups excluding carboxylic acids is 1. The van der Waals surface area contributed by atoms with Gasteiger partial charge in [-0.3, -0.25) is 4.79 Å². The van der Waals surface area contributed by atoms with Crippen molar-refractivity contribution in [2.75, 3.05) is 27.7 Å². The van der Waals surface area contributed by atoms with Crippen LogP contribution in [0, 0.1) is 0 Å². The Kier molecular flexibility index (Phi) is 5.30. The van der Waals surface area contributed by atoms with Crippen LogP contribution in [0.2, 0.25) is 0 Å². The third-order valence-electron chi connectivity index (χ3n) is 3.16. The quantitative estimate of drug-likeness (QED) is 0.889. The molecule has 0 radical (unpaired) electrons. The molecule has 0 saturated heterocycles. The van der Waals surface area contributed by atoms with Crippen molar-refractivity contribution in [2.24, 2.45) is 0 Å². The van der Waals surface area contributed by atoms with Gasteiger partial charge in [0.2, 0.25) is 5.88 Å². The van der Waals surface area contributed by atoms with Crippen molar-refractivity contribution < 1.29 is 9.53 Å². The van der Waals surface area contributed by atoms with Crippen molar-refractivity contribution >= 4 is 17.2 Å². The number of carbonyl (C=O) groups is 1. The van der Waals surface area contributed by atoms with E-state index in [-0.39, 0.29) is 11.9 Å². The van der Waals surface area contributed by atoms with Gasteiger partial charge in [0.1, 0.15) is 5.56 Å². The summed E-state index contributed by atoms with van der Waals surface area (Å²) in [6, 6.07) is 7.67. The van der Waals surface area contributed by atoms with Gasteiger partial charge in [0.05, 0.1) is 13.2 Å². The van der Waals surface area contributed by atoms with Crippen LogP contribution in [0.1, 0.15) is 21.3 Å². The molecular weight excluding hydrogens is 286 g/mol. The largest absolute Gasteiger partial charge is 0.480 e. The van der Waals surface area contributed by atoms with E-state index in [1.165, 1.54) is 12.0 Å². The van der Waals surface area contributed by atoms with Crippen molar-refractivity contribution in [3.8, 4) is 5.88 Å². The summed E-state index contributed by atoms with van der Waals surface area (Å²) in [6.07, 6.45) is 1.60. The fraction of sp³-hybridized carbons (Fsp3) is 0.333. The molecule has 2 aromatic rings. The highest BCUT2D eigenvalue weighted by molar-refractivity contribution is 7.10. The van der Waals surface area contributed by atoms with Gasteiger partial charge in [-0.2, -0.15) is 0 Å². The number of pyridine rings is 1. The number of hydrogen-bond acceptors (Lipinski definition) is 5. The Bertz CT molecular complexity index is 584. The average molecular weight is 305 g/mol. The minimum atomic E-state index is -0.177. The predicted molar refractivity (Wildman–Crippen MR) is 83.9 cm³/mol. The number of hydrogen-bond donors (Lipinski definition) is 1. The van der Waals surface area contributed by atoms with E-state index < -0.39 is 0 Å². The molecule has 21 heavy (non-hydrogen) atoms. The molecule has 0 aliphatic carbocycles. The molecule has 6 heteroatoms. The Hall–Kier alpha value is -1.92. The Morgan fingerprint density at radius 2 is 2.24 bits per heavy atom. The molecule has 0 aliphatic rings. The van der Waals surface area contributed by atoms with E-state index in [0.29, 0.717) is 18.0 Å². The maximum Gasteiger partial charge on any atom is 0.256 e. The molecule has 2 heterocycles. The zero-order valence-electron chi connectivity index (χ0n) is 12.4. The summed E-state index contributed by atoms with van der Waals surface area (Å²) in [5.74, 6) is 0.163. The fourth-order valence-corrected chi connectivity index (χ4v) is 2.95. The molecule has 1 N–H and O–H groups in total.